The molecular formula is C12H20N4. The number of nitrogens with zero attached hydrogens (tertiary/aromatic N) is 3. The van der Waals surface area contributed by atoms with Gasteiger partial charge in [-0.25, -0.2) is 9.97 Å². The van der Waals surface area contributed by atoms with E-state index >= 15 is 0 Å². The monoisotopic (exact) mass is 220 g/mol. The maximum absolute atomic E-state index is 4.61. The standard InChI is InChI=1S/C12H20N4/c1-2-4-11-14-7-5-12(15-11)16-9-3-6-13-8-10-16/h5,7,13H,2-4,6,8-10H2,1H3. The third-order valence-electron chi connectivity index (χ3n) is 2.83. The molecule has 2 heterocycles. The molecule has 0 aromatic carbocycles. The van der Waals surface area contributed by atoms with E-state index in [1.54, 1.807) is 0 Å². The Bertz CT molecular complexity index is 319. The summed E-state index contributed by atoms with van der Waals surface area (Å²) in [7, 11) is 0. The summed E-state index contributed by atoms with van der Waals surface area (Å²) in [6.45, 7) is 6.46. The van der Waals surface area contributed by atoms with E-state index in [-0.39, 0.29) is 0 Å². The lowest BCUT2D eigenvalue weighted by Crippen LogP contribution is -2.28. The van der Waals surface area contributed by atoms with Gasteiger partial charge in [0.15, 0.2) is 0 Å². The highest BCUT2D eigenvalue weighted by molar-refractivity contribution is 5.37. The van der Waals surface area contributed by atoms with Crippen molar-refractivity contribution in [2.75, 3.05) is 31.1 Å². The zero-order valence-corrected chi connectivity index (χ0v) is 9.95. The van der Waals surface area contributed by atoms with Gasteiger partial charge in [-0.2, -0.15) is 0 Å². The van der Waals surface area contributed by atoms with E-state index in [0.29, 0.717) is 0 Å². The van der Waals surface area contributed by atoms with Crippen molar-refractivity contribution in [1.82, 2.24) is 15.3 Å². The van der Waals surface area contributed by atoms with Crippen LogP contribution in [-0.2, 0) is 6.42 Å². The molecule has 2 rings (SSSR count). The minimum atomic E-state index is 0.970. The molecule has 1 aliphatic rings. The predicted molar refractivity (Wildman–Crippen MR) is 65.7 cm³/mol. The van der Waals surface area contributed by atoms with Crippen LogP contribution in [0.2, 0.25) is 0 Å². The average Bonchev–Trinajstić information content (AvgIpc) is 2.58. The summed E-state index contributed by atoms with van der Waals surface area (Å²) in [4.78, 5) is 11.3. The van der Waals surface area contributed by atoms with Crippen LogP contribution in [0.15, 0.2) is 12.3 Å². The van der Waals surface area contributed by atoms with Crippen LogP contribution in [0.4, 0.5) is 5.82 Å². The van der Waals surface area contributed by atoms with Crippen molar-refractivity contribution in [3.63, 3.8) is 0 Å². The minimum absolute atomic E-state index is 0.970. The second-order valence-electron chi connectivity index (χ2n) is 4.17. The molecule has 1 aliphatic heterocycles. The number of nitrogens with one attached hydrogen (secondary N) is 1. The summed E-state index contributed by atoms with van der Waals surface area (Å²) in [5, 5.41) is 3.40. The number of anilines is 1. The van der Waals surface area contributed by atoms with Crippen molar-refractivity contribution in [1.29, 1.82) is 0 Å². The number of aryl methyl sites for hydroxylation is 1. The molecular weight excluding hydrogens is 200 g/mol. The largest absolute Gasteiger partial charge is 0.355 e. The molecule has 0 bridgehead atoms. The third kappa shape index (κ3) is 2.92. The first-order valence-corrected chi connectivity index (χ1v) is 6.17. The minimum Gasteiger partial charge on any atom is -0.355 e. The van der Waals surface area contributed by atoms with Crippen molar-refractivity contribution in [3.8, 4) is 0 Å². The van der Waals surface area contributed by atoms with Crippen molar-refractivity contribution < 1.29 is 0 Å². The number of hydrogen-bond acceptors (Lipinski definition) is 4. The maximum atomic E-state index is 4.61. The Morgan fingerprint density at radius 1 is 1.38 bits per heavy atom. The number of aromatic nitrogens is 2. The van der Waals surface area contributed by atoms with Crippen molar-refractivity contribution in [3.05, 3.63) is 18.1 Å². The van der Waals surface area contributed by atoms with Crippen LogP contribution in [0.25, 0.3) is 0 Å². The lowest BCUT2D eigenvalue weighted by molar-refractivity contribution is 0.724. The zero-order valence-electron chi connectivity index (χ0n) is 9.95. The van der Waals surface area contributed by atoms with Gasteiger partial charge in [0, 0.05) is 32.3 Å². The molecule has 0 saturated carbocycles. The molecule has 0 spiro atoms. The fraction of sp³-hybridized carbons (Fsp3) is 0.667. The van der Waals surface area contributed by atoms with Crippen molar-refractivity contribution >= 4 is 5.82 Å². The summed E-state index contributed by atoms with van der Waals surface area (Å²) in [5.41, 5.74) is 0. The fourth-order valence-corrected chi connectivity index (χ4v) is 1.98. The smallest absolute Gasteiger partial charge is 0.132 e. The topological polar surface area (TPSA) is 41.1 Å². The molecule has 1 aromatic heterocycles. The number of rotatable bonds is 3. The Kier molecular flexibility index (Phi) is 4.10. The van der Waals surface area contributed by atoms with Gasteiger partial charge in [0.2, 0.25) is 0 Å². The van der Waals surface area contributed by atoms with Gasteiger partial charge >= 0.3 is 0 Å². The molecule has 0 radical (unpaired) electrons. The SMILES string of the molecule is CCCc1nccc(N2CCCNCC2)n1. The predicted octanol–water partition coefficient (Wildman–Crippen LogP) is 1.23. The molecule has 0 atom stereocenters. The van der Waals surface area contributed by atoms with Gasteiger partial charge in [-0.1, -0.05) is 6.92 Å². The molecule has 4 heteroatoms. The summed E-state index contributed by atoms with van der Waals surface area (Å²) in [5.74, 6) is 2.05. The summed E-state index contributed by atoms with van der Waals surface area (Å²) in [6.07, 6.45) is 5.14. The second-order valence-corrected chi connectivity index (χ2v) is 4.17. The normalized spacial score (nSPS) is 17.2. The first kappa shape index (κ1) is 11.3. The van der Waals surface area contributed by atoms with E-state index in [1.165, 1.54) is 6.42 Å². The lowest BCUT2D eigenvalue weighted by Gasteiger charge is -2.21. The molecule has 1 saturated heterocycles. The highest BCUT2D eigenvalue weighted by Gasteiger charge is 2.10. The van der Waals surface area contributed by atoms with Crippen LogP contribution in [0.1, 0.15) is 25.6 Å². The highest BCUT2D eigenvalue weighted by Crippen LogP contribution is 2.11. The molecule has 0 amide bonds. The van der Waals surface area contributed by atoms with Gasteiger partial charge in [0.1, 0.15) is 11.6 Å². The fourth-order valence-electron chi connectivity index (χ4n) is 1.98. The van der Waals surface area contributed by atoms with Crippen LogP contribution in [0.5, 0.6) is 0 Å². The number of hydrogen-bond donors (Lipinski definition) is 1. The first-order valence-electron chi connectivity index (χ1n) is 6.17. The maximum Gasteiger partial charge on any atom is 0.132 e. The van der Waals surface area contributed by atoms with Crippen molar-refractivity contribution in [2.24, 2.45) is 0 Å². The molecule has 0 unspecified atom stereocenters. The summed E-state index contributed by atoms with van der Waals surface area (Å²) in [6, 6.07) is 2.02. The quantitative estimate of drug-likeness (QED) is 0.832. The van der Waals surface area contributed by atoms with Crippen LogP contribution in [0.3, 0.4) is 0 Å². The van der Waals surface area contributed by atoms with Crippen molar-refractivity contribution in [2.45, 2.75) is 26.2 Å². The molecule has 16 heavy (non-hydrogen) atoms. The summed E-state index contributed by atoms with van der Waals surface area (Å²) >= 11 is 0. The molecule has 0 aliphatic carbocycles. The molecule has 88 valence electrons. The van der Waals surface area contributed by atoms with Gasteiger partial charge in [-0.15, -0.1) is 0 Å². The Morgan fingerprint density at radius 2 is 2.31 bits per heavy atom. The van der Waals surface area contributed by atoms with E-state index < -0.39 is 0 Å². The Labute approximate surface area is 97.1 Å². The van der Waals surface area contributed by atoms with Gasteiger partial charge in [-0.3, -0.25) is 0 Å². The van der Waals surface area contributed by atoms with Crippen LogP contribution in [-0.4, -0.2) is 36.1 Å². The van der Waals surface area contributed by atoms with Crippen LogP contribution >= 0.6 is 0 Å². The summed E-state index contributed by atoms with van der Waals surface area (Å²) < 4.78 is 0. The molecule has 4 nitrogen and oxygen atoms in total. The van der Waals surface area contributed by atoms with E-state index in [2.05, 4.69) is 27.1 Å². The zero-order chi connectivity index (χ0) is 11.2. The van der Waals surface area contributed by atoms with E-state index in [4.69, 9.17) is 0 Å². The van der Waals surface area contributed by atoms with E-state index in [9.17, 15) is 0 Å². The molecule has 1 fully saturated rings. The average molecular weight is 220 g/mol. The van der Waals surface area contributed by atoms with Gasteiger partial charge < -0.3 is 10.2 Å². The molecule has 1 N–H and O–H groups in total. The van der Waals surface area contributed by atoms with E-state index in [1.807, 2.05) is 12.3 Å². The van der Waals surface area contributed by atoms with E-state index in [0.717, 1.165) is 50.7 Å². The highest BCUT2D eigenvalue weighted by atomic mass is 15.2. The van der Waals surface area contributed by atoms with Crippen LogP contribution in [0, 0.1) is 0 Å². The Balaban J connectivity index is 2.08. The van der Waals surface area contributed by atoms with Crippen LogP contribution < -0.4 is 10.2 Å². The Morgan fingerprint density at radius 3 is 3.19 bits per heavy atom. The second kappa shape index (κ2) is 5.80. The van der Waals surface area contributed by atoms with Gasteiger partial charge in [0.05, 0.1) is 0 Å². The molecule has 1 aromatic rings. The lowest BCUT2D eigenvalue weighted by atomic mass is 10.3. The third-order valence-corrected chi connectivity index (χ3v) is 2.83. The van der Waals surface area contributed by atoms with Gasteiger partial charge in [0.25, 0.3) is 0 Å². The first-order chi connectivity index (χ1) is 7.90. The Hall–Kier alpha value is -1.16. The van der Waals surface area contributed by atoms with Gasteiger partial charge in [-0.05, 0) is 25.5 Å².